The monoisotopic (exact) mass is 251 g/mol. The summed E-state index contributed by atoms with van der Waals surface area (Å²) in [6, 6.07) is 5.22. The summed E-state index contributed by atoms with van der Waals surface area (Å²) in [5.41, 5.74) is 12.5. The Hall–Kier alpha value is -2.08. The van der Waals surface area contributed by atoms with Gasteiger partial charge in [0, 0.05) is 12.2 Å². The van der Waals surface area contributed by atoms with Crippen molar-refractivity contribution < 1.29 is 14.3 Å². The molecule has 0 aromatic heterocycles. The lowest BCUT2D eigenvalue weighted by molar-refractivity contribution is -0.122. The number of nitrogens with one attached hydrogen (secondary N) is 1. The van der Waals surface area contributed by atoms with E-state index in [0.29, 0.717) is 17.8 Å². The first-order valence-electron chi connectivity index (χ1n) is 5.51. The van der Waals surface area contributed by atoms with Crippen molar-refractivity contribution in [1.29, 1.82) is 0 Å². The van der Waals surface area contributed by atoms with Crippen LogP contribution in [0.25, 0.3) is 0 Å². The predicted octanol–water partition coefficient (Wildman–Crippen LogP) is -0.191. The van der Waals surface area contributed by atoms with Gasteiger partial charge >= 0.3 is 0 Å². The third kappa shape index (κ3) is 4.42. The van der Waals surface area contributed by atoms with Gasteiger partial charge in [0.2, 0.25) is 5.91 Å². The molecule has 0 fully saturated rings. The van der Waals surface area contributed by atoms with Crippen molar-refractivity contribution in [3.8, 4) is 0 Å². The van der Waals surface area contributed by atoms with Crippen LogP contribution in [0.15, 0.2) is 18.2 Å². The van der Waals surface area contributed by atoms with Crippen molar-refractivity contribution in [3.05, 3.63) is 29.3 Å². The SMILES string of the molecule is Cc1ccc(C(=O)NCCOCC(N)=O)c(N)c1. The molecule has 0 bridgehead atoms. The number of carbonyl (C=O) groups excluding carboxylic acids is 2. The number of hydrogen-bond acceptors (Lipinski definition) is 4. The van der Waals surface area contributed by atoms with Crippen LogP contribution in [-0.2, 0) is 9.53 Å². The summed E-state index contributed by atoms with van der Waals surface area (Å²) in [6.07, 6.45) is 0. The van der Waals surface area contributed by atoms with Gasteiger partial charge in [0.15, 0.2) is 0 Å². The van der Waals surface area contributed by atoms with E-state index in [9.17, 15) is 9.59 Å². The average Bonchev–Trinajstić information content (AvgIpc) is 2.27. The smallest absolute Gasteiger partial charge is 0.253 e. The molecule has 18 heavy (non-hydrogen) atoms. The van der Waals surface area contributed by atoms with E-state index in [4.69, 9.17) is 16.2 Å². The maximum absolute atomic E-state index is 11.7. The molecule has 6 nitrogen and oxygen atoms in total. The van der Waals surface area contributed by atoms with Crippen LogP contribution in [0.1, 0.15) is 15.9 Å². The molecule has 2 amide bonds. The van der Waals surface area contributed by atoms with E-state index in [1.807, 2.05) is 13.0 Å². The zero-order valence-electron chi connectivity index (χ0n) is 10.2. The Morgan fingerprint density at radius 2 is 2.11 bits per heavy atom. The number of nitrogen functional groups attached to an aromatic ring is 1. The van der Waals surface area contributed by atoms with Gasteiger partial charge in [0.1, 0.15) is 6.61 Å². The quantitative estimate of drug-likeness (QED) is 0.481. The van der Waals surface area contributed by atoms with Crippen LogP contribution in [0.4, 0.5) is 5.69 Å². The molecule has 0 atom stereocenters. The van der Waals surface area contributed by atoms with E-state index in [2.05, 4.69) is 5.32 Å². The van der Waals surface area contributed by atoms with Gasteiger partial charge in [-0.25, -0.2) is 0 Å². The molecule has 1 rings (SSSR count). The fourth-order valence-electron chi connectivity index (χ4n) is 1.39. The van der Waals surface area contributed by atoms with E-state index in [0.717, 1.165) is 5.56 Å². The Balaban J connectivity index is 2.39. The number of benzene rings is 1. The molecule has 98 valence electrons. The van der Waals surface area contributed by atoms with Gasteiger partial charge < -0.3 is 21.5 Å². The normalized spacial score (nSPS) is 10.1. The van der Waals surface area contributed by atoms with Crippen molar-refractivity contribution in [2.24, 2.45) is 5.73 Å². The lowest BCUT2D eigenvalue weighted by atomic mass is 10.1. The first kappa shape index (κ1) is 14.0. The molecule has 6 heteroatoms. The molecule has 0 heterocycles. The molecule has 1 aromatic rings. The number of nitrogens with two attached hydrogens (primary N) is 2. The number of anilines is 1. The van der Waals surface area contributed by atoms with Gasteiger partial charge in [0.05, 0.1) is 12.2 Å². The second-order valence-electron chi connectivity index (χ2n) is 3.87. The predicted molar refractivity (Wildman–Crippen MR) is 67.9 cm³/mol. The molecule has 5 N–H and O–H groups in total. The van der Waals surface area contributed by atoms with Gasteiger partial charge in [0.25, 0.3) is 5.91 Å². The summed E-state index contributed by atoms with van der Waals surface area (Å²) in [5.74, 6) is -0.806. The van der Waals surface area contributed by atoms with Gasteiger partial charge in [-0.2, -0.15) is 0 Å². The van der Waals surface area contributed by atoms with Crippen LogP contribution in [0.3, 0.4) is 0 Å². The molecular formula is C12H17N3O3. The summed E-state index contributed by atoms with van der Waals surface area (Å²) in [7, 11) is 0. The highest BCUT2D eigenvalue weighted by atomic mass is 16.5. The van der Waals surface area contributed by atoms with Crippen molar-refractivity contribution in [1.82, 2.24) is 5.32 Å². The molecular weight excluding hydrogens is 234 g/mol. The molecule has 0 saturated carbocycles. The van der Waals surface area contributed by atoms with Crippen LogP contribution in [0.2, 0.25) is 0 Å². The minimum absolute atomic E-state index is 0.150. The maximum atomic E-state index is 11.7. The van der Waals surface area contributed by atoms with E-state index < -0.39 is 5.91 Å². The van der Waals surface area contributed by atoms with Crippen LogP contribution >= 0.6 is 0 Å². The van der Waals surface area contributed by atoms with Crippen LogP contribution < -0.4 is 16.8 Å². The first-order chi connectivity index (χ1) is 8.50. The number of ether oxygens (including phenoxy) is 1. The Kier molecular flexibility index (Phi) is 5.13. The standard InChI is InChI=1S/C12H17N3O3/c1-8-2-3-9(10(13)6-8)12(17)15-4-5-18-7-11(14)16/h2-3,6H,4-5,7,13H2,1H3,(H2,14,16)(H,15,17). The molecule has 0 unspecified atom stereocenters. The highest BCUT2D eigenvalue weighted by Gasteiger charge is 2.08. The van der Waals surface area contributed by atoms with Gasteiger partial charge in [-0.15, -0.1) is 0 Å². The zero-order valence-corrected chi connectivity index (χ0v) is 10.2. The topological polar surface area (TPSA) is 107 Å². The Morgan fingerprint density at radius 1 is 1.39 bits per heavy atom. The number of hydrogen-bond donors (Lipinski definition) is 3. The molecule has 0 aliphatic heterocycles. The van der Waals surface area contributed by atoms with Crippen molar-refractivity contribution in [2.75, 3.05) is 25.5 Å². The molecule has 0 spiro atoms. The van der Waals surface area contributed by atoms with Crippen molar-refractivity contribution in [3.63, 3.8) is 0 Å². The molecule has 0 saturated heterocycles. The Labute approximate surface area is 105 Å². The van der Waals surface area contributed by atoms with E-state index in [1.165, 1.54) is 0 Å². The van der Waals surface area contributed by atoms with Crippen LogP contribution in [0.5, 0.6) is 0 Å². The highest BCUT2D eigenvalue weighted by molar-refractivity contribution is 5.99. The fraction of sp³-hybridized carbons (Fsp3) is 0.333. The average molecular weight is 251 g/mol. The fourth-order valence-corrected chi connectivity index (χ4v) is 1.39. The highest BCUT2D eigenvalue weighted by Crippen LogP contribution is 2.13. The second kappa shape index (κ2) is 6.61. The zero-order chi connectivity index (χ0) is 13.5. The Morgan fingerprint density at radius 3 is 2.72 bits per heavy atom. The summed E-state index contributed by atoms with van der Waals surface area (Å²) in [5, 5.41) is 2.64. The molecule has 0 aliphatic carbocycles. The van der Waals surface area contributed by atoms with E-state index in [1.54, 1.807) is 12.1 Å². The van der Waals surface area contributed by atoms with Crippen LogP contribution in [-0.4, -0.2) is 31.6 Å². The summed E-state index contributed by atoms with van der Waals surface area (Å²) in [6.45, 7) is 2.26. The number of amides is 2. The third-order valence-electron chi connectivity index (χ3n) is 2.23. The van der Waals surface area contributed by atoms with E-state index in [-0.39, 0.29) is 19.1 Å². The van der Waals surface area contributed by atoms with Gasteiger partial charge in [-0.05, 0) is 24.6 Å². The van der Waals surface area contributed by atoms with Crippen molar-refractivity contribution >= 4 is 17.5 Å². The number of primary amides is 1. The molecule has 0 radical (unpaired) electrons. The number of rotatable bonds is 6. The maximum Gasteiger partial charge on any atom is 0.253 e. The lowest BCUT2D eigenvalue weighted by Crippen LogP contribution is -2.29. The summed E-state index contributed by atoms with van der Waals surface area (Å²) >= 11 is 0. The minimum atomic E-state index is -0.538. The van der Waals surface area contributed by atoms with E-state index >= 15 is 0 Å². The molecule has 0 aliphatic rings. The van der Waals surface area contributed by atoms with Gasteiger partial charge in [-0.1, -0.05) is 6.07 Å². The summed E-state index contributed by atoms with van der Waals surface area (Å²) < 4.78 is 4.91. The Bertz CT molecular complexity index is 446. The van der Waals surface area contributed by atoms with Crippen molar-refractivity contribution in [2.45, 2.75) is 6.92 Å². The lowest BCUT2D eigenvalue weighted by Gasteiger charge is -2.08. The number of carbonyl (C=O) groups is 2. The van der Waals surface area contributed by atoms with Gasteiger partial charge in [-0.3, -0.25) is 9.59 Å². The summed E-state index contributed by atoms with van der Waals surface area (Å²) in [4.78, 5) is 22.1. The first-order valence-corrected chi connectivity index (χ1v) is 5.51. The number of aryl methyl sites for hydroxylation is 1. The molecule has 1 aromatic carbocycles. The largest absolute Gasteiger partial charge is 0.398 e. The second-order valence-corrected chi connectivity index (χ2v) is 3.87. The minimum Gasteiger partial charge on any atom is -0.398 e. The van der Waals surface area contributed by atoms with Crippen LogP contribution in [0, 0.1) is 6.92 Å². The third-order valence-corrected chi connectivity index (χ3v) is 2.23.